The van der Waals surface area contributed by atoms with Crippen molar-refractivity contribution in [1.29, 1.82) is 9.22 Å². The lowest BCUT2D eigenvalue weighted by Gasteiger charge is -2.21. The van der Waals surface area contributed by atoms with Gasteiger partial charge in [-0.05, 0) is 95.1 Å². The number of rotatable bonds is 2. The van der Waals surface area contributed by atoms with Crippen LogP contribution in [-0.2, 0) is 0 Å². The van der Waals surface area contributed by atoms with Crippen molar-refractivity contribution >= 4 is 19.3 Å². The van der Waals surface area contributed by atoms with Crippen LogP contribution in [-0.4, -0.2) is 0 Å². The molecule has 7 aromatic carbocycles. The molecule has 0 unspecified atom stereocenters. The predicted molar refractivity (Wildman–Crippen MR) is 191 cm³/mol. The maximum Gasteiger partial charge on any atom is 0.0309 e. The van der Waals surface area contributed by atoms with Crippen LogP contribution in [0.3, 0.4) is 0 Å². The lowest BCUT2D eigenvalue weighted by molar-refractivity contribution is 1.29. The van der Waals surface area contributed by atoms with Gasteiger partial charge in [0.05, 0.1) is 0 Å². The van der Waals surface area contributed by atoms with E-state index >= 15 is 0 Å². The second-order valence-electron chi connectivity index (χ2n) is 11.0. The van der Waals surface area contributed by atoms with Gasteiger partial charge in [-0.2, -0.15) is 0 Å². The molecule has 0 amide bonds. The van der Waals surface area contributed by atoms with Crippen LogP contribution in [0.4, 0.5) is 0 Å². The summed E-state index contributed by atoms with van der Waals surface area (Å²) < 4.78 is 24.4. The van der Waals surface area contributed by atoms with E-state index < -0.39 is 19.3 Å². The van der Waals surface area contributed by atoms with Gasteiger partial charge in [-0.25, -0.2) is 9.22 Å². The highest BCUT2D eigenvalue weighted by Gasteiger charge is 2.24. The van der Waals surface area contributed by atoms with Crippen molar-refractivity contribution in [3.05, 3.63) is 194 Å². The molecule has 0 aliphatic heterocycles. The lowest BCUT2D eigenvalue weighted by Crippen LogP contribution is -1.92. The SMILES string of the molecule is N#S(c1ccccc1)(c1ccccc1)c1ccc(-c2ccc(-c3ccc(S(#N)(c4ccccc4)c4ccccc4)cc3)cc2)cc1. The number of hydrogen-bond donors (Lipinski definition) is 0. The van der Waals surface area contributed by atoms with Crippen LogP contribution >= 0.6 is 19.3 Å². The fraction of sp³-hybridized carbons (Fsp3) is 0. The summed E-state index contributed by atoms with van der Waals surface area (Å²) in [5.41, 5.74) is 4.40. The molecular weight excluding hydrogens is 597 g/mol. The summed E-state index contributed by atoms with van der Waals surface area (Å²) in [7, 11) is -4.77. The zero-order valence-electron chi connectivity index (χ0n) is 25.2. The van der Waals surface area contributed by atoms with Gasteiger partial charge in [0, 0.05) is 48.7 Å². The highest BCUT2D eigenvalue weighted by Crippen LogP contribution is 2.57. The molecule has 0 aliphatic carbocycles. The number of hydrogen-bond acceptors (Lipinski definition) is 2. The molecule has 0 atom stereocenters. The van der Waals surface area contributed by atoms with Crippen molar-refractivity contribution in [3.63, 3.8) is 0 Å². The Morgan fingerprint density at radius 1 is 0.217 bits per heavy atom. The van der Waals surface area contributed by atoms with E-state index in [9.17, 15) is 9.22 Å². The Hall–Kier alpha value is -5.34. The van der Waals surface area contributed by atoms with Gasteiger partial charge in [0.1, 0.15) is 0 Å². The first kappa shape index (κ1) is 29.4. The highest BCUT2D eigenvalue weighted by atomic mass is 32.2. The fourth-order valence-corrected chi connectivity index (χ4v) is 10.7. The van der Waals surface area contributed by atoms with Gasteiger partial charge in [-0.3, -0.25) is 0 Å². The summed E-state index contributed by atoms with van der Waals surface area (Å²) in [6, 6.07) is 65.0. The minimum absolute atomic E-state index is 0.901. The first-order chi connectivity index (χ1) is 22.6. The molecular formula is C42H32N2S2. The van der Waals surface area contributed by atoms with Crippen LogP contribution in [0.5, 0.6) is 0 Å². The van der Waals surface area contributed by atoms with Gasteiger partial charge >= 0.3 is 0 Å². The van der Waals surface area contributed by atoms with Gasteiger partial charge in [-0.15, -0.1) is 0 Å². The Morgan fingerprint density at radius 3 is 0.609 bits per heavy atom. The second kappa shape index (κ2) is 12.6. The summed E-state index contributed by atoms with van der Waals surface area (Å²) in [5.74, 6) is 0. The topological polar surface area (TPSA) is 47.6 Å². The molecule has 0 aliphatic rings. The molecule has 7 rings (SSSR count). The Balaban J connectivity index is 1.16. The van der Waals surface area contributed by atoms with Crippen LogP contribution < -0.4 is 0 Å². The van der Waals surface area contributed by atoms with Crippen molar-refractivity contribution in [2.45, 2.75) is 29.4 Å². The van der Waals surface area contributed by atoms with E-state index in [4.69, 9.17) is 0 Å². The maximum atomic E-state index is 12.2. The van der Waals surface area contributed by atoms with Gasteiger partial charge in [-0.1, -0.05) is 121 Å². The molecule has 0 radical (unpaired) electrons. The minimum Gasteiger partial charge on any atom is -0.216 e. The largest absolute Gasteiger partial charge is 0.216 e. The van der Waals surface area contributed by atoms with Crippen molar-refractivity contribution in [2.75, 3.05) is 0 Å². The first-order valence-electron chi connectivity index (χ1n) is 15.2. The molecule has 0 fully saturated rings. The Morgan fingerprint density at radius 2 is 0.391 bits per heavy atom. The van der Waals surface area contributed by atoms with E-state index in [2.05, 4.69) is 72.8 Å². The maximum absolute atomic E-state index is 12.2. The van der Waals surface area contributed by atoms with Gasteiger partial charge in [0.15, 0.2) is 0 Å². The summed E-state index contributed by atoms with van der Waals surface area (Å²) in [5, 5.41) is 0. The van der Waals surface area contributed by atoms with Crippen molar-refractivity contribution in [1.82, 2.24) is 0 Å². The summed E-state index contributed by atoms with van der Waals surface area (Å²) in [4.78, 5) is 5.46. The smallest absolute Gasteiger partial charge is 0.0309 e. The van der Waals surface area contributed by atoms with Crippen molar-refractivity contribution < 1.29 is 0 Å². The Kier molecular flexibility index (Phi) is 8.03. The van der Waals surface area contributed by atoms with Crippen LogP contribution in [0.1, 0.15) is 0 Å². The fourth-order valence-electron chi connectivity index (χ4n) is 5.83. The first-order valence-corrected chi connectivity index (χ1v) is 18.4. The Labute approximate surface area is 273 Å². The molecule has 46 heavy (non-hydrogen) atoms. The molecule has 0 saturated carbocycles. The summed E-state index contributed by atoms with van der Waals surface area (Å²) >= 11 is 0. The molecule has 0 saturated heterocycles. The van der Waals surface area contributed by atoms with Gasteiger partial charge in [0.2, 0.25) is 0 Å². The average molecular weight is 629 g/mol. The molecule has 0 spiro atoms. The third kappa shape index (κ3) is 5.41. The summed E-state index contributed by atoms with van der Waals surface area (Å²) in [6.45, 7) is 0. The van der Waals surface area contributed by atoms with E-state index in [0.717, 1.165) is 51.6 Å². The molecule has 4 heteroatoms. The average Bonchev–Trinajstić information content (AvgIpc) is 3.16. The van der Waals surface area contributed by atoms with Crippen LogP contribution in [0.15, 0.2) is 223 Å². The third-order valence-corrected chi connectivity index (χ3v) is 14.0. The molecule has 0 bridgehead atoms. The normalized spacial score (nSPS) is 11.6. The van der Waals surface area contributed by atoms with Crippen LogP contribution in [0, 0.1) is 9.22 Å². The second-order valence-corrected chi connectivity index (χ2v) is 16.2. The standard InChI is InChI=1S/C42H32N2S2/c43-45(37-13-5-1-6-14-37,38-15-7-2-8-16-38)41-29-25-35(26-30-41)33-21-23-34(24-22-33)36-27-31-42(32-28-36)46(44,39-17-9-3-10-18-39)40-19-11-4-12-20-40/h1-32H. The predicted octanol–water partition coefficient (Wildman–Crippen LogP) is 12.5. The van der Waals surface area contributed by atoms with E-state index in [-0.39, 0.29) is 0 Å². The van der Waals surface area contributed by atoms with Crippen LogP contribution in [0.2, 0.25) is 0 Å². The van der Waals surface area contributed by atoms with E-state index in [1.165, 1.54) is 0 Å². The number of nitrogens with zero attached hydrogens (tertiary/aromatic N) is 2. The lowest BCUT2D eigenvalue weighted by atomic mass is 10.0. The molecule has 7 aromatic rings. The monoisotopic (exact) mass is 628 g/mol. The molecule has 0 N–H and O–H groups in total. The van der Waals surface area contributed by atoms with E-state index in [0.29, 0.717) is 0 Å². The van der Waals surface area contributed by atoms with Gasteiger partial charge in [0.25, 0.3) is 0 Å². The summed E-state index contributed by atoms with van der Waals surface area (Å²) in [6.07, 6.45) is 0. The zero-order chi connectivity index (χ0) is 31.4. The van der Waals surface area contributed by atoms with E-state index in [1.54, 1.807) is 0 Å². The molecule has 222 valence electrons. The third-order valence-electron chi connectivity index (χ3n) is 8.28. The van der Waals surface area contributed by atoms with E-state index in [1.807, 2.05) is 121 Å². The minimum atomic E-state index is -2.38. The molecule has 0 aromatic heterocycles. The van der Waals surface area contributed by atoms with Crippen LogP contribution in [0.25, 0.3) is 22.3 Å². The number of benzene rings is 7. The Bertz CT molecular complexity index is 2030. The van der Waals surface area contributed by atoms with Crippen molar-refractivity contribution in [3.8, 4) is 22.3 Å². The highest BCUT2D eigenvalue weighted by molar-refractivity contribution is 8.22. The zero-order valence-corrected chi connectivity index (χ0v) is 26.8. The van der Waals surface area contributed by atoms with Gasteiger partial charge < -0.3 is 0 Å². The molecule has 2 nitrogen and oxygen atoms in total. The molecule has 0 heterocycles. The quantitative estimate of drug-likeness (QED) is 0.191. The van der Waals surface area contributed by atoms with Crippen molar-refractivity contribution in [2.24, 2.45) is 0 Å².